The van der Waals surface area contributed by atoms with Crippen molar-refractivity contribution in [2.75, 3.05) is 26.2 Å². The van der Waals surface area contributed by atoms with Crippen LogP contribution in [0.5, 0.6) is 0 Å². The van der Waals surface area contributed by atoms with Crippen LogP contribution >= 0.6 is 11.6 Å². The van der Waals surface area contributed by atoms with Crippen molar-refractivity contribution in [2.24, 2.45) is 5.41 Å². The number of rotatable bonds is 3. The van der Waals surface area contributed by atoms with Crippen LogP contribution in [0.25, 0.3) is 0 Å². The van der Waals surface area contributed by atoms with E-state index in [0.29, 0.717) is 18.0 Å². The summed E-state index contributed by atoms with van der Waals surface area (Å²) in [5, 5.41) is 0.464. The average Bonchev–Trinajstić information content (AvgIpc) is 2.41. The molecule has 1 heterocycles. The van der Waals surface area contributed by atoms with Crippen molar-refractivity contribution in [2.45, 2.75) is 33.7 Å². The van der Waals surface area contributed by atoms with Crippen LogP contribution in [0.15, 0.2) is 18.2 Å². The molecule has 0 unspecified atom stereocenters. The molecule has 0 aromatic heterocycles. The van der Waals surface area contributed by atoms with Crippen molar-refractivity contribution in [1.82, 2.24) is 9.80 Å². The second-order valence-corrected chi connectivity index (χ2v) is 7.54. The molecule has 3 nitrogen and oxygen atoms in total. The van der Waals surface area contributed by atoms with E-state index in [9.17, 15) is 9.18 Å². The Morgan fingerprint density at radius 1 is 1.23 bits per heavy atom. The molecular formula is C17H24ClFN2O. The minimum absolute atomic E-state index is 0.0237. The van der Waals surface area contributed by atoms with Crippen LogP contribution in [0.1, 0.15) is 32.8 Å². The number of hydrogen-bond acceptors (Lipinski definition) is 2. The van der Waals surface area contributed by atoms with Gasteiger partial charge in [-0.3, -0.25) is 9.69 Å². The van der Waals surface area contributed by atoms with Crippen molar-refractivity contribution in [1.29, 1.82) is 0 Å². The van der Waals surface area contributed by atoms with Crippen LogP contribution in [-0.4, -0.2) is 41.9 Å². The summed E-state index contributed by atoms with van der Waals surface area (Å²) in [4.78, 5) is 16.4. The van der Waals surface area contributed by atoms with E-state index < -0.39 is 0 Å². The van der Waals surface area contributed by atoms with Gasteiger partial charge in [-0.15, -0.1) is 0 Å². The van der Waals surface area contributed by atoms with Gasteiger partial charge in [0, 0.05) is 44.2 Å². The SMILES string of the molecule is CC(C)(C)CC(=O)N1CCN(Cc2ccc(F)cc2Cl)CC1. The number of carbonyl (C=O) groups excluding carboxylic acids is 1. The molecule has 1 fully saturated rings. The smallest absolute Gasteiger partial charge is 0.223 e. The topological polar surface area (TPSA) is 23.6 Å². The summed E-state index contributed by atoms with van der Waals surface area (Å²) in [5.41, 5.74) is 0.952. The van der Waals surface area contributed by atoms with E-state index >= 15 is 0 Å². The molecule has 22 heavy (non-hydrogen) atoms. The summed E-state index contributed by atoms with van der Waals surface area (Å²) >= 11 is 6.07. The molecule has 0 N–H and O–H groups in total. The first-order valence-corrected chi connectivity index (χ1v) is 8.06. The highest BCUT2D eigenvalue weighted by molar-refractivity contribution is 6.31. The van der Waals surface area contributed by atoms with Crippen molar-refractivity contribution >= 4 is 17.5 Å². The zero-order valence-electron chi connectivity index (χ0n) is 13.5. The quantitative estimate of drug-likeness (QED) is 0.848. The van der Waals surface area contributed by atoms with Crippen LogP contribution in [0, 0.1) is 11.2 Å². The summed E-state index contributed by atoms with van der Waals surface area (Å²) in [5.74, 6) is -0.0849. The van der Waals surface area contributed by atoms with Gasteiger partial charge in [0.15, 0.2) is 0 Å². The van der Waals surface area contributed by atoms with E-state index in [2.05, 4.69) is 25.7 Å². The Bertz CT molecular complexity index is 534. The monoisotopic (exact) mass is 326 g/mol. The highest BCUT2D eigenvalue weighted by Crippen LogP contribution is 2.22. The fraction of sp³-hybridized carbons (Fsp3) is 0.588. The highest BCUT2D eigenvalue weighted by atomic mass is 35.5. The van der Waals surface area contributed by atoms with Crippen LogP contribution in [0.4, 0.5) is 4.39 Å². The number of halogens is 2. The van der Waals surface area contributed by atoms with Gasteiger partial charge in [-0.1, -0.05) is 38.4 Å². The summed E-state index contributed by atoms with van der Waals surface area (Å²) in [6.45, 7) is 10.1. The number of nitrogens with zero attached hydrogens (tertiary/aromatic N) is 2. The molecule has 0 bridgehead atoms. The van der Waals surface area contributed by atoms with Crippen molar-refractivity contribution in [3.8, 4) is 0 Å². The van der Waals surface area contributed by atoms with Crippen molar-refractivity contribution in [3.05, 3.63) is 34.6 Å². The van der Waals surface area contributed by atoms with Gasteiger partial charge in [0.1, 0.15) is 5.82 Å². The molecule has 0 radical (unpaired) electrons. The molecule has 1 amide bonds. The average molecular weight is 327 g/mol. The van der Waals surface area contributed by atoms with Gasteiger partial charge in [0.25, 0.3) is 0 Å². The van der Waals surface area contributed by atoms with Gasteiger partial charge in [-0.05, 0) is 23.1 Å². The van der Waals surface area contributed by atoms with Gasteiger partial charge in [0.2, 0.25) is 5.91 Å². The Morgan fingerprint density at radius 2 is 1.86 bits per heavy atom. The van der Waals surface area contributed by atoms with E-state index in [-0.39, 0.29) is 17.1 Å². The minimum Gasteiger partial charge on any atom is -0.340 e. The van der Waals surface area contributed by atoms with E-state index in [4.69, 9.17) is 11.6 Å². The van der Waals surface area contributed by atoms with E-state index in [1.54, 1.807) is 6.07 Å². The molecule has 122 valence electrons. The Balaban J connectivity index is 1.86. The van der Waals surface area contributed by atoms with E-state index in [1.807, 2.05) is 4.90 Å². The zero-order chi connectivity index (χ0) is 16.3. The predicted molar refractivity (Wildman–Crippen MR) is 87.3 cm³/mol. The molecule has 1 saturated heterocycles. The first-order chi connectivity index (χ1) is 10.2. The predicted octanol–water partition coefficient (Wildman–Crippen LogP) is 3.56. The van der Waals surface area contributed by atoms with Gasteiger partial charge in [0.05, 0.1) is 0 Å². The van der Waals surface area contributed by atoms with Gasteiger partial charge < -0.3 is 4.90 Å². The van der Waals surface area contributed by atoms with Crippen molar-refractivity contribution < 1.29 is 9.18 Å². The number of benzene rings is 1. The highest BCUT2D eigenvalue weighted by Gasteiger charge is 2.25. The van der Waals surface area contributed by atoms with Gasteiger partial charge in [-0.25, -0.2) is 4.39 Å². The third-order valence-electron chi connectivity index (χ3n) is 3.82. The van der Waals surface area contributed by atoms with E-state index in [0.717, 1.165) is 31.7 Å². The molecule has 0 spiro atoms. The summed E-state index contributed by atoms with van der Waals surface area (Å²) in [6.07, 6.45) is 0.580. The Hall–Kier alpha value is -1.13. The normalized spacial score (nSPS) is 16.9. The summed E-state index contributed by atoms with van der Waals surface area (Å²) < 4.78 is 13.1. The lowest BCUT2D eigenvalue weighted by Crippen LogP contribution is -2.48. The lowest BCUT2D eigenvalue weighted by atomic mass is 9.91. The Kier molecular flexibility index (Phi) is 5.45. The maximum atomic E-state index is 13.1. The standard InChI is InChI=1S/C17H24ClFN2O/c1-17(2,3)11-16(22)21-8-6-20(7-9-21)12-13-4-5-14(19)10-15(13)18/h4-5,10H,6-9,11-12H2,1-3H3. The van der Waals surface area contributed by atoms with Crippen LogP contribution in [0.2, 0.25) is 5.02 Å². The zero-order valence-corrected chi connectivity index (χ0v) is 14.3. The molecule has 1 aromatic carbocycles. The maximum absolute atomic E-state index is 13.1. The molecule has 0 saturated carbocycles. The second-order valence-electron chi connectivity index (χ2n) is 7.13. The molecule has 0 aliphatic carbocycles. The molecule has 1 aromatic rings. The number of hydrogen-bond donors (Lipinski definition) is 0. The number of amides is 1. The maximum Gasteiger partial charge on any atom is 0.223 e. The largest absolute Gasteiger partial charge is 0.340 e. The second kappa shape index (κ2) is 6.97. The third kappa shape index (κ3) is 4.96. The van der Waals surface area contributed by atoms with Crippen LogP contribution in [-0.2, 0) is 11.3 Å². The molecule has 5 heteroatoms. The fourth-order valence-electron chi connectivity index (χ4n) is 2.61. The van der Waals surface area contributed by atoms with Crippen LogP contribution in [0.3, 0.4) is 0 Å². The lowest BCUT2D eigenvalue weighted by Gasteiger charge is -2.36. The Labute approximate surface area is 137 Å². The van der Waals surface area contributed by atoms with Gasteiger partial charge in [-0.2, -0.15) is 0 Å². The number of piperazine rings is 1. The molecule has 0 atom stereocenters. The lowest BCUT2D eigenvalue weighted by molar-refractivity contribution is -0.134. The molecule has 1 aliphatic rings. The first kappa shape index (κ1) is 17.2. The molecular weight excluding hydrogens is 303 g/mol. The number of carbonyl (C=O) groups is 1. The minimum atomic E-state index is -0.314. The van der Waals surface area contributed by atoms with Crippen molar-refractivity contribution in [3.63, 3.8) is 0 Å². The van der Waals surface area contributed by atoms with Gasteiger partial charge >= 0.3 is 0 Å². The van der Waals surface area contributed by atoms with Crippen LogP contribution < -0.4 is 0 Å². The molecule has 2 rings (SSSR count). The first-order valence-electron chi connectivity index (χ1n) is 7.69. The molecule has 1 aliphatic heterocycles. The van der Waals surface area contributed by atoms with E-state index in [1.165, 1.54) is 12.1 Å². The third-order valence-corrected chi connectivity index (χ3v) is 4.17. The summed E-state index contributed by atoms with van der Waals surface area (Å²) in [6, 6.07) is 4.51. The summed E-state index contributed by atoms with van der Waals surface area (Å²) in [7, 11) is 0. The Morgan fingerprint density at radius 3 is 2.41 bits per heavy atom. The fourth-order valence-corrected chi connectivity index (χ4v) is 2.84.